The second-order valence-corrected chi connectivity index (χ2v) is 5.63. The van der Waals surface area contributed by atoms with Gasteiger partial charge in [0.05, 0.1) is 13.2 Å². The van der Waals surface area contributed by atoms with Gasteiger partial charge in [0.1, 0.15) is 0 Å². The van der Waals surface area contributed by atoms with Gasteiger partial charge in [-0.05, 0) is 50.0 Å². The quantitative estimate of drug-likeness (QED) is 0.892. The first-order chi connectivity index (χ1) is 10.3. The average molecular weight is 327 g/mol. The molecule has 0 radical (unpaired) electrons. The first kappa shape index (κ1) is 16.9. The van der Waals surface area contributed by atoms with Gasteiger partial charge in [0.15, 0.2) is 11.5 Å². The highest BCUT2D eigenvalue weighted by atomic mass is 35.5. The Labute approximate surface area is 137 Å². The van der Waals surface area contributed by atoms with E-state index in [9.17, 15) is 4.79 Å². The smallest absolute Gasteiger partial charge is 0.251 e. The van der Waals surface area contributed by atoms with Crippen molar-refractivity contribution in [3.05, 3.63) is 23.8 Å². The van der Waals surface area contributed by atoms with Gasteiger partial charge in [0.2, 0.25) is 0 Å². The normalized spacial score (nSPS) is 20.5. The van der Waals surface area contributed by atoms with Crippen molar-refractivity contribution < 1.29 is 14.3 Å². The Hall–Kier alpha value is -1.46. The van der Waals surface area contributed by atoms with E-state index >= 15 is 0 Å². The molecule has 1 amide bonds. The lowest BCUT2D eigenvalue weighted by Gasteiger charge is -2.22. The van der Waals surface area contributed by atoms with Crippen LogP contribution in [0.2, 0.25) is 0 Å². The lowest BCUT2D eigenvalue weighted by atomic mass is 9.99. The van der Waals surface area contributed by atoms with E-state index < -0.39 is 0 Å². The third kappa shape index (κ3) is 4.27. The zero-order valence-electron chi connectivity index (χ0n) is 12.6. The number of amides is 1. The Balaban J connectivity index is 0.00000176. The van der Waals surface area contributed by atoms with Gasteiger partial charge in [-0.25, -0.2) is 0 Å². The van der Waals surface area contributed by atoms with Gasteiger partial charge in [0.25, 0.3) is 5.91 Å². The Kier molecular flexibility index (Phi) is 6.34. The largest absolute Gasteiger partial charge is 0.490 e. The number of rotatable bonds is 3. The summed E-state index contributed by atoms with van der Waals surface area (Å²) >= 11 is 0. The molecule has 1 saturated heterocycles. The molecule has 22 heavy (non-hydrogen) atoms. The highest BCUT2D eigenvalue weighted by Crippen LogP contribution is 2.30. The van der Waals surface area contributed by atoms with E-state index in [1.165, 1.54) is 12.8 Å². The minimum absolute atomic E-state index is 0. The fourth-order valence-corrected chi connectivity index (χ4v) is 2.74. The molecule has 3 rings (SSSR count). The number of fused-ring (bicyclic) bond motifs is 1. The molecule has 6 heteroatoms. The summed E-state index contributed by atoms with van der Waals surface area (Å²) in [6.45, 7) is 4.09. The number of carbonyl (C=O) groups excluding carboxylic acids is 1. The van der Waals surface area contributed by atoms with Gasteiger partial charge in [0, 0.05) is 18.5 Å². The summed E-state index contributed by atoms with van der Waals surface area (Å²) in [5.74, 6) is 1.87. The second-order valence-electron chi connectivity index (χ2n) is 5.63. The van der Waals surface area contributed by atoms with Crippen molar-refractivity contribution in [3.63, 3.8) is 0 Å². The number of hydrogen-bond donors (Lipinski definition) is 2. The van der Waals surface area contributed by atoms with E-state index in [4.69, 9.17) is 9.47 Å². The van der Waals surface area contributed by atoms with Gasteiger partial charge in [-0.3, -0.25) is 4.79 Å². The number of halogens is 1. The van der Waals surface area contributed by atoms with Crippen LogP contribution in [0.5, 0.6) is 11.5 Å². The van der Waals surface area contributed by atoms with Crippen LogP contribution in [-0.2, 0) is 0 Å². The van der Waals surface area contributed by atoms with Gasteiger partial charge >= 0.3 is 0 Å². The van der Waals surface area contributed by atoms with Crippen molar-refractivity contribution in [2.75, 3.05) is 32.8 Å². The van der Waals surface area contributed by atoms with Crippen molar-refractivity contribution in [1.82, 2.24) is 10.6 Å². The van der Waals surface area contributed by atoms with Gasteiger partial charge < -0.3 is 20.1 Å². The lowest BCUT2D eigenvalue weighted by Crippen LogP contribution is -2.38. The van der Waals surface area contributed by atoms with E-state index in [2.05, 4.69) is 10.6 Å². The number of nitrogens with one attached hydrogen (secondary N) is 2. The van der Waals surface area contributed by atoms with Gasteiger partial charge in [-0.1, -0.05) is 0 Å². The Bertz CT molecular complexity index is 504. The topological polar surface area (TPSA) is 59.6 Å². The molecular weight excluding hydrogens is 304 g/mol. The van der Waals surface area contributed by atoms with Crippen LogP contribution in [0.3, 0.4) is 0 Å². The minimum Gasteiger partial charge on any atom is -0.490 e. The molecule has 0 bridgehead atoms. The molecule has 0 spiro atoms. The highest BCUT2D eigenvalue weighted by molar-refractivity contribution is 5.94. The molecule has 2 heterocycles. The lowest BCUT2D eigenvalue weighted by molar-refractivity contribution is 0.0944. The minimum atomic E-state index is -0.0452. The van der Waals surface area contributed by atoms with E-state index in [1.807, 2.05) is 6.07 Å². The highest BCUT2D eigenvalue weighted by Gasteiger charge is 2.16. The zero-order valence-corrected chi connectivity index (χ0v) is 13.4. The third-order valence-electron chi connectivity index (χ3n) is 3.96. The Morgan fingerprint density at radius 2 is 2.05 bits per heavy atom. The molecule has 2 N–H and O–H groups in total. The molecule has 122 valence electrons. The van der Waals surface area contributed by atoms with Crippen molar-refractivity contribution in [1.29, 1.82) is 0 Å². The van der Waals surface area contributed by atoms with Crippen LogP contribution in [-0.4, -0.2) is 38.8 Å². The summed E-state index contributed by atoms with van der Waals surface area (Å²) in [6.07, 6.45) is 3.23. The summed E-state index contributed by atoms with van der Waals surface area (Å²) in [6, 6.07) is 5.38. The molecule has 1 aromatic rings. The Morgan fingerprint density at radius 1 is 1.23 bits per heavy atom. The number of carbonyl (C=O) groups is 1. The predicted molar refractivity (Wildman–Crippen MR) is 87.2 cm³/mol. The van der Waals surface area contributed by atoms with Crippen molar-refractivity contribution in [3.8, 4) is 11.5 Å². The van der Waals surface area contributed by atoms with Gasteiger partial charge in [-0.15, -0.1) is 12.4 Å². The molecule has 0 saturated carbocycles. The van der Waals surface area contributed by atoms with Crippen molar-refractivity contribution >= 4 is 18.3 Å². The molecule has 1 atom stereocenters. The van der Waals surface area contributed by atoms with Crippen LogP contribution in [0.1, 0.15) is 29.6 Å². The molecule has 1 fully saturated rings. The molecule has 2 aliphatic heterocycles. The predicted octanol–water partition coefficient (Wildman–Crippen LogP) is 2.00. The first-order valence-corrected chi connectivity index (χ1v) is 7.71. The maximum Gasteiger partial charge on any atom is 0.251 e. The average Bonchev–Trinajstić information content (AvgIpc) is 2.78. The molecule has 2 aliphatic rings. The maximum absolute atomic E-state index is 12.2. The SMILES string of the molecule is Cl.O=C(NCC1CCCNC1)c1ccc2c(c1)OCCCO2. The fraction of sp³-hybridized carbons (Fsp3) is 0.562. The van der Waals surface area contributed by atoms with Crippen molar-refractivity contribution in [2.24, 2.45) is 5.92 Å². The maximum atomic E-state index is 12.2. The summed E-state index contributed by atoms with van der Waals surface area (Å²) in [5.41, 5.74) is 0.628. The number of ether oxygens (including phenoxy) is 2. The van der Waals surface area contributed by atoms with Crippen LogP contribution in [0.15, 0.2) is 18.2 Å². The molecular formula is C16H23ClN2O3. The summed E-state index contributed by atoms with van der Waals surface area (Å²) < 4.78 is 11.2. The van der Waals surface area contributed by atoms with E-state index in [0.717, 1.165) is 31.8 Å². The zero-order chi connectivity index (χ0) is 14.5. The Morgan fingerprint density at radius 3 is 2.82 bits per heavy atom. The first-order valence-electron chi connectivity index (χ1n) is 7.71. The van der Waals surface area contributed by atoms with E-state index in [0.29, 0.717) is 30.4 Å². The van der Waals surface area contributed by atoms with Gasteiger partial charge in [-0.2, -0.15) is 0 Å². The second kappa shape index (κ2) is 8.25. The van der Waals surface area contributed by atoms with Crippen LogP contribution >= 0.6 is 12.4 Å². The summed E-state index contributed by atoms with van der Waals surface area (Å²) in [5, 5.41) is 6.37. The van der Waals surface area contributed by atoms with Crippen LogP contribution < -0.4 is 20.1 Å². The monoisotopic (exact) mass is 326 g/mol. The summed E-state index contributed by atoms with van der Waals surface area (Å²) in [4.78, 5) is 12.2. The number of benzene rings is 1. The number of hydrogen-bond acceptors (Lipinski definition) is 4. The van der Waals surface area contributed by atoms with Crippen LogP contribution in [0.4, 0.5) is 0 Å². The standard InChI is InChI=1S/C16H22N2O3.ClH/c19-16(18-11-12-3-1-6-17-10-12)13-4-5-14-15(9-13)21-8-2-7-20-14;/h4-5,9,12,17H,1-3,6-8,10-11H2,(H,18,19);1H. The van der Waals surface area contributed by atoms with Crippen molar-refractivity contribution in [2.45, 2.75) is 19.3 Å². The van der Waals surface area contributed by atoms with E-state index in [-0.39, 0.29) is 18.3 Å². The summed E-state index contributed by atoms with van der Waals surface area (Å²) in [7, 11) is 0. The number of piperidine rings is 1. The van der Waals surface area contributed by atoms with E-state index in [1.54, 1.807) is 12.1 Å². The molecule has 1 unspecified atom stereocenters. The van der Waals surface area contributed by atoms with Crippen LogP contribution in [0, 0.1) is 5.92 Å². The molecule has 1 aromatic carbocycles. The molecule has 5 nitrogen and oxygen atoms in total. The molecule has 0 aliphatic carbocycles. The van der Waals surface area contributed by atoms with Crippen LogP contribution in [0.25, 0.3) is 0 Å². The third-order valence-corrected chi connectivity index (χ3v) is 3.96. The molecule has 0 aromatic heterocycles. The fourth-order valence-electron chi connectivity index (χ4n) is 2.74.